The van der Waals surface area contributed by atoms with Crippen LogP contribution >= 0.6 is 0 Å². The first-order valence-electron chi connectivity index (χ1n) is 9.65. The van der Waals surface area contributed by atoms with E-state index in [1.54, 1.807) is 37.7 Å². The minimum absolute atomic E-state index is 0.245. The molecule has 1 N–H and O–H groups in total. The van der Waals surface area contributed by atoms with E-state index in [4.69, 9.17) is 9.47 Å². The molecule has 0 fully saturated rings. The summed E-state index contributed by atoms with van der Waals surface area (Å²) >= 11 is 0. The quantitative estimate of drug-likeness (QED) is 0.477. The first-order valence-corrected chi connectivity index (χ1v) is 9.65. The second-order valence-corrected chi connectivity index (χ2v) is 7.16. The van der Waals surface area contributed by atoms with Crippen LogP contribution in [0.25, 0.3) is 5.82 Å². The predicted octanol–water partition coefficient (Wildman–Crippen LogP) is 3.65. The number of amides is 1. The fraction of sp³-hybridized carbons (Fsp3) is 0.318. The normalized spacial score (nSPS) is 11.3. The number of carbonyl (C=O) groups excluding carboxylic acids is 1. The molecule has 0 saturated heterocycles. The summed E-state index contributed by atoms with van der Waals surface area (Å²) in [5.41, 5.74) is 5.98. The summed E-state index contributed by atoms with van der Waals surface area (Å²) in [6.45, 7) is 8.24. The third-order valence-electron chi connectivity index (χ3n) is 4.85. The molecule has 158 valence electrons. The lowest BCUT2D eigenvalue weighted by Crippen LogP contribution is -2.17. The Morgan fingerprint density at radius 1 is 1.13 bits per heavy atom. The van der Waals surface area contributed by atoms with Crippen molar-refractivity contribution >= 4 is 12.1 Å². The number of hydrazone groups is 1. The van der Waals surface area contributed by atoms with Crippen LogP contribution in [0.3, 0.4) is 0 Å². The fourth-order valence-electron chi connectivity index (χ4n) is 3.36. The Morgan fingerprint density at radius 3 is 2.53 bits per heavy atom. The number of aromatic nitrogens is 3. The Morgan fingerprint density at radius 2 is 1.87 bits per heavy atom. The molecule has 0 atom stereocenters. The topological polar surface area (TPSA) is 82.7 Å². The van der Waals surface area contributed by atoms with Crippen LogP contribution in [0.2, 0.25) is 0 Å². The molecule has 3 aromatic rings. The Labute approximate surface area is 176 Å². The van der Waals surface area contributed by atoms with E-state index in [2.05, 4.69) is 34.0 Å². The molecule has 1 amide bonds. The predicted molar refractivity (Wildman–Crippen MR) is 116 cm³/mol. The molecule has 0 saturated carbocycles. The summed E-state index contributed by atoms with van der Waals surface area (Å²) in [5, 5.41) is 8.55. The Balaban J connectivity index is 1.79. The lowest BCUT2D eigenvalue weighted by molar-refractivity contribution is 0.0954. The zero-order valence-corrected chi connectivity index (χ0v) is 18.1. The highest BCUT2D eigenvalue weighted by molar-refractivity contribution is 5.95. The maximum absolute atomic E-state index is 12.4. The van der Waals surface area contributed by atoms with Crippen LogP contribution in [0.15, 0.2) is 41.6 Å². The number of benzene rings is 1. The van der Waals surface area contributed by atoms with Crippen LogP contribution in [0, 0.1) is 13.8 Å². The van der Waals surface area contributed by atoms with Crippen molar-refractivity contribution in [3.8, 4) is 17.3 Å². The number of hydrogen-bond donors (Lipinski definition) is 1. The van der Waals surface area contributed by atoms with Crippen molar-refractivity contribution in [2.45, 2.75) is 33.7 Å². The molecule has 3 rings (SSSR count). The number of nitrogens with one attached hydrogen (secondary N) is 1. The maximum Gasteiger partial charge on any atom is 0.271 e. The van der Waals surface area contributed by atoms with Gasteiger partial charge >= 0.3 is 0 Å². The smallest absolute Gasteiger partial charge is 0.271 e. The molecule has 0 aliphatic heterocycles. The van der Waals surface area contributed by atoms with Gasteiger partial charge in [-0.3, -0.25) is 4.79 Å². The van der Waals surface area contributed by atoms with Crippen LogP contribution in [0.5, 0.6) is 11.5 Å². The van der Waals surface area contributed by atoms with Gasteiger partial charge in [-0.25, -0.2) is 10.1 Å². The van der Waals surface area contributed by atoms with Crippen molar-refractivity contribution in [1.82, 2.24) is 19.8 Å². The van der Waals surface area contributed by atoms with E-state index in [0.29, 0.717) is 17.1 Å². The van der Waals surface area contributed by atoms with E-state index in [9.17, 15) is 4.79 Å². The van der Waals surface area contributed by atoms with Gasteiger partial charge in [0, 0.05) is 34.6 Å². The minimum atomic E-state index is -0.334. The summed E-state index contributed by atoms with van der Waals surface area (Å²) in [6, 6.07) is 9.21. The first-order chi connectivity index (χ1) is 14.4. The van der Waals surface area contributed by atoms with Gasteiger partial charge in [0.25, 0.3) is 5.91 Å². The SMILES string of the molecule is COc1ccc(C(=O)N/N=C\c2cc(C)n(-c3ccnn3C(C)C)c2C)cc1OC. The number of rotatable bonds is 7. The fourth-order valence-corrected chi connectivity index (χ4v) is 3.36. The van der Waals surface area contributed by atoms with Crippen LogP contribution in [-0.2, 0) is 0 Å². The van der Waals surface area contributed by atoms with Crippen LogP contribution in [0.1, 0.15) is 47.2 Å². The molecular formula is C22H27N5O3. The van der Waals surface area contributed by atoms with Crippen molar-refractivity contribution in [2.75, 3.05) is 14.2 Å². The highest BCUT2D eigenvalue weighted by Crippen LogP contribution is 2.27. The molecule has 0 aliphatic carbocycles. The van der Waals surface area contributed by atoms with Crippen molar-refractivity contribution in [1.29, 1.82) is 0 Å². The van der Waals surface area contributed by atoms with Gasteiger partial charge in [0.05, 0.1) is 26.6 Å². The van der Waals surface area contributed by atoms with Crippen molar-refractivity contribution < 1.29 is 14.3 Å². The van der Waals surface area contributed by atoms with Gasteiger partial charge < -0.3 is 14.0 Å². The zero-order chi connectivity index (χ0) is 21.8. The number of ether oxygens (including phenoxy) is 2. The van der Waals surface area contributed by atoms with Crippen LogP contribution in [0.4, 0.5) is 0 Å². The molecule has 0 aliphatic rings. The summed E-state index contributed by atoms with van der Waals surface area (Å²) in [7, 11) is 3.07. The molecule has 8 heteroatoms. The average molecular weight is 409 g/mol. The van der Waals surface area contributed by atoms with E-state index in [1.165, 1.54) is 7.11 Å². The van der Waals surface area contributed by atoms with E-state index in [-0.39, 0.29) is 11.9 Å². The molecule has 2 aromatic heterocycles. The summed E-state index contributed by atoms with van der Waals surface area (Å²) in [6.07, 6.45) is 3.44. The maximum atomic E-state index is 12.4. The van der Waals surface area contributed by atoms with Gasteiger partial charge in [-0.2, -0.15) is 10.2 Å². The second-order valence-electron chi connectivity index (χ2n) is 7.16. The largest absolute Gasteiger partial charge is 0.493 e. The lowest BCUT2D eigenvalue weighted by Gasteiger charge is -2.15. The lowest BCUT2D eigenvalue weighted by atomic mass is 10.2. The van der Waals surface area contributed by atoms with Gasteiger partial charge in [0.2, 0.25) is 0 Å². The van der Waals surface area contributed by atoms with E-state index in [1.807, 2.05) is 30.7 Å². The van der Waals surface area contributed by atoms with E-state index >= 15 is 0 Å². The van der Waals surface area contributed by atoms with Crippen molar-refractivity contribution in [3.05, 3.63) is 59.0 Å². The zero-order valence-electron chi connectivity index (χ0n) is 18.1. The molecule has 0 unspecified atom stereocenters. The standard InChI is InChI=1S/C22H27N5O3/c1-14(2)27-21(9-10-24-27)26-15(3)11-18(16(26)4)13-23-25-22(28)17-7-8-19(29-5)20(12-17)30-6/h7-14H,1-6H3,(H,25,28)/b23-13-. The van der Waals surface area contributed by atoms with Gasteiger partial charge in [0.15, 0.2) is 11.5 Å². The third-order valence-corrected chi connectivity index (χ3v) is 4.85. The van der Waals surface area contributed by atoms with Gasteiger partial charge in [-0.05, 0) is 52.0 Å². The molecule has 0 bridgehead atoms. The number of hydrogen-bond acceptors (Lipinski definition) is 5. The Bertz CT molecular complexity index is 1080. The number of nitrogens with zero attached hydrogens (tertiary/aromatic N) is 4. The van der Waals surface area contributed by atoms with Gasteiger partial charge in [-0.15, -0.1) is 0 Å². The Kier molecular flexibility index (Phi) is 6.25. The first kappa shape index (κ1) is 21.2. The highest BCUT2D eigenvalue weighted by atomic mass is 16.5. The summed E-state index contributed by atoms with van der Waals surface area (Å²) in [5.74, 6) is 1.71. The average Bonchev–Trinajstić information content (AvgIpc) is 3.31. The molecule has 30 heavy (non-hydrogen) atoms. The minimum Gasteiger partial charge on any atom is -0.493 e. The third kappa shape index (κ3) is 4.07. The van der Waals surface area contributed by atoms with E-state index < -0.39 is 0 Å². The van der Waals surface area contributed by atoms with Gasteiger partial charge in [0.1, 0.15) is 5.82 Å². The van der Waals surface area contributed by atoms with Crippen LogP contribution in [-0.4, -0.2) is 40.7 Å². The second kappa shape index (κ2) is 8.86. The molecule has 0 radical (unpaired) electrons. The molecule has 0 spiro atoms. The number of carbonyl (C=O) groups is 1. The van der Waals surface area contributed by atoms with Crippen molar-refractivity contribution in [2.24, 2.45) is 5.10 Å². The Hall–Kier alpha value is -3.55. The van der Waals surface area contributed by atoms with Crippen LogP contribution < -0.4 is 14.9 Å². The molecule has 8 nitrogen and oxygen atoms in total. The number of methoxy groups -OCH3 is 2. The number of aryl methyl sites for hydroxylation is 1. The van der Waals surface area contributed by atoms with E-state index in [0.717, 1.165) is 22.8 Å². The summed E-state index contributed by atoms with van der Waals surface area (Å²) in [4.78, 5) is 12.4. The monoisotopic (exact) mass is 409 g/mol. The van der Waals surface area contributed by atoms with Crippen molar-refractivity contribution in [3.63, 3.8) is 0 Å². The molecule has 1 aromatic carbocycles. The van der Waals surface area contributed by atoms with Gasteiger partial charge in [-0.1, -0.05) is 0 Å². The molecule has 2 heterocycles. The summed E-state index contributed by atoms with van der Waals surface area (Å²) < 4.78 is 14.5. The molecular weight excluding hydrogens is 382 g/mol. The highest BCUT2D eigenvalue weighted by Gasteiger charge is 2.15.